The predicted octanol–water partition coefficient (Wildman–Crippen LogP) is 12.4. The van der Waals surface area contributed by atoms with Crippen molar-refractivity contribution >= 4 is 78.7 Å². The van der Waals surface area contributed by atoms with Crippen molar-refractivity contribution in [3.8, 4) is 0 Å². The van der Waals surface area contributed by atoms with Gasteiger partial charge in [-0.2, -0.15) is 4.58 Å². The van der Waals surface area contributed by atoms with Crippen molar-refractivity contribution in [2.24, 2.45) is 0 Å². The Hall–Kier alpha value is -6.01. The monoisotopic (exact) mass is 1140 g/mol. The number of anilines is 1. The Kier molecular flexibility index (Phi) is 15.5. The quantitative estimate of drug-likeness (QED) is 0.0605. The van der Waals surface area contributed by atoms with E-state index in [1.54, 1.807) is 36.4 Å². The van der Waals surface area contributed by atoms with E-state index >= 15 is 0 Å². The van der Waals surface area contributed by atoms with Crippen LogP contribution in [0.2, 0.25) is 0 Å². The van der Waals surface area contributed by atoms with Gasteiger partial charge < -0.3 is 4.90 Å². The van der Waals surface area contributed by atoms with Gasteiger partial charge in [-0.25, -0.2) is 33.7 Å². The highest BCUT2D eigenvalue weighted by Gasteiger charge is 2.49. The summed E-state index contributed by atoms with van der Waals surface area (Å²) in [5, 5.41) is 4.69. The van der Waals surface area contributed by atoms with Crippen LogP contribution in [0.15, 0.2) is 189 Å². The number of fused-ring (bicyclic) bond motifs is 6. The Bertz CT molecular complexity index is 4010. The van der Waals surface area contributed by atoms with E-state index in [0.717, 1.165) is 74.8 Å². The summed E-state index contributed by atoms with van der Waals surface area (Å²) in [5.74, 6) is -0.613. The summed E-state index contributed by atoms with van der Waals surface area (Å²) < 4.78 is 111. The van der Waals surface area contributed by atoms with Gasteiger partial charge in [0.2, 0.25) is 25.7 Å². The van der Waals surface area contributed by atoms with Gasteiger partial charge in [-0.3, -0.25) is 0 Å². The van der Waals surface area contributed by atoms with E-state index in [9.17, 15) is 33.7 Å². The van der Waals surface area contributed by atoms with Crippen LogP contribution in [0.5, 0.6) is 0 Å². The first-order valence-electron chi connectivity index (χ1n) is 27.4. The molecule has 6 aromatic rings. The molecule has 0 spiro atoms. The van der Waals surface area contributed by atoms with Crippen molar-refractivity contribution in [2.45, 2.75) is 113 Å². The third kappa shape index (κ3) is 10.6. The molecule has 0 amide bonds. The van der Waals surface area contributed by atoms with Crippen molar-refractivity contribution in [2.75, 3.05) is 43.6 Å². The first-order valence-corrected chi connectivity index (χ1v) is 33.5. The van der Waals surface area contributed by atoms with Crippen molar-refractivity contribution in [3.05, 3.63) is 191 Å². The maximum absolute atomic E-state index is 13.6. The fourth-order valence-corrected chi connectivity index (χ4v) is 19.3. The molecule has 0 aromatic heterocycles. The fraction of sp³-hybridized carbons (Fsp3) is 0.349. The molecule has 2 heterocycles. The second kappa shape index (κ2) is 21.8. The van der Waals surface area contributed by atoms with E-state index in [0.29, 0.717) is 33.4 Å². The number of rotatable bonds is 18. The lowest BCUT2D eigenvalue weighted by molar-refractivity contribution is -0.438. The molecule has 0 fully saturated rings. The fourth-order valence-electron chi connectivity index (χ4n) is 12.7. The van der Waals surface area contributed by atoms with Crippen LogP contribution in [0, 0.1) is 0 Å². The third-order valence-electron chi connectivity index (χ3n) is 16.5. The number of benzene rings is 6. The SMILES string of the molecule is CN(S(=O)(=O)CCCCN1/C(=C2C=C(/C=C3/C=C(C4=[N+](CCCCS(=O)(=O)N(C)S(=O)(=O)c5ccccc5)c5ccc6ccccc6c5C4(C)C)CCC3)CCC/2)C(C)(C)c2c1ccc1ccccc21)S(=O)(=O)c1ccccc1. The molecule has 0 atom stereocenters. The van der Waals surface area contributed by atoms with Gasteiger partial charge in [-0.1, -0.05) is 124 Å². The second-order valence-corrected chi connectivity index (χ2v) is 31.0. The first-order chi connectivity index (χ1) is 37.5. The van der Waals surface area contributed by atoms with Gasteiger partial charge in [0.05, 0.1) is 26.7 Å². The van der Waals surface area contributed by atoms with E-state index < -0.39 is 40.1 Å². The Morgan fingerprint density at radius 1 is 0.544 bits per heavy atom. The normalized spacial score (nSPS) is 19.1. The van der Waals surface area contributed by atoms with Crippen LogP contribution in [0.1, 0.15) is 103 Å². The molecule has 0 radical (unpaired) electrons. The number of unbranched alkanes of at least 4 members (excludes halogenated alkanes) is 2. The number of hydrogen-bond acceptors (Lipinski definition) is 9. The molecule has 2 aliphatic heterocycles. The molecule has 414 valence electrons. The van der Waals surface area contributed by atoms with Crippen LogP contribution in [-0.2, 0) is 50.9 Å². The second-order valence-electron chi connectivity index (χ2n) is 22.4. The number of allylic oxidation sites excluding steroid dienone is 8. The van der Waals surface area contributed by atoms with Gasteiger partial charge >= 0.3 is 0 Å². The van der Waals surface area contributed by atoms with Crippen LogP contribution in [-0.4, -0.2) is 90.1 Å². The van der Waals surface area contributed by atoms with E-state index in [-0.39, 0.29) is 45.0 Å². The summed E-state index contributed by atoms with van der Waals surface area (Å²) in [7, 11) is -14.5. The average molecular weight is 1140 g/mol. The Balaban J connectivity index is 0.952. The molecule has 4 aliphatic rings. The van der Waals surface area contributed by atoms with Gasteiger partial charge in [0.1, 0.15) is 6.54 Å². The van der Waals surface area contributed by atoms with E-state index in [2.05, 4.69) is 128 Å². The third-order valence-corrected chi connectivity index (χ3v) is 25.3. The number of sulfonamides is 4. The summed E-state index contributed by atoms with van der Waals surface area (Å²) in [6.45, 7) is 10.3. The molecule has 0 N–H and O–H groups in total. The largest absolute Gasteiger partial charge is 0.344 e. The van der Waals surface area contributed by atoms with Crippen LogP contribution in [0.25, 0.3) is 21.5 Å². The zero-order valence-electron chi connectivity index (χ0n) is 46.0. The molecule has 0 saturated carbocycles. The van der Waals surface area contributed by atoms with E-state index in [1.807, 2.05) is 0 Å². The zero-order valence-corrected chi connectivity index (χ0v) is 49.3. The molecule has 0 saturated heterocycles. The van der Waals surface area contributed by atoms with Crippen LogP contribution in [0.4, 0.5) is 11.4 Å². The Labute approximate surface area is 468 Å². The topological polar surface area (TPSA) is 149 Å². The molecule has 12 nitrogen and oxygen atoms in total. The van der Waals surface area contributed by atoms with Crippen LogP contribution in [0.3, 0.4) is 0 Å². The lowest BCUT2D eigenvalue weighted by Gasteiger charge is -2.31. The average Bonchev–Trinajstić information content (AvgIpc) is 3.83. The highest BCUT2D eigenvalue weighted by atomic mass is 32.3. The van der Waals surface area contributed by atoms with Gasteiger partial charge in [-0.15, -0.1) is 0 Å². The highest BCUT2D eigenvalue weighted by Crippen LogP contribution is 2.53. The molecule has 0 unspecified atom stereocenters. The van der Waals surface area contributed by atoms with Crippen molar-refractivity contribution in [1.29, 1.82) is 0 Å². The summed E-state index contributed by atoms with van der Waals surface area (Å²) >= 11 is 0. The lowest BCUT2D eigenvalue weighted by Crippen LogP contribution is -2.35. The molecule has 79 heavy (non-hydrogen) atoms. The maximum Gasteiger partial charge on any atom is 0.255 e. The van der Waals surface area contributed by atoms with Gasteiger partial charge in [0.15, 0.2) is 5.71 Å². The van der Waals surface area contributed by atoms with Gasteiger partial charge in [0, 0.05) is 61.1 Å². The minimum absolute atomic E-state index is 0.0670. The first kappa shape index (κ1) is 56.3. The molecule has 10 rings (SSSR count). The summed E-state index contributed by atoms with van der Waals surface area (Å²) in [4.78, 5) is 2.26. The molecular formula is C63H71N4O8S4+. The van der Waals surface area contributed by atoms with E-state index in [1.165, 1.54) is 79.9 Å². The van der Waals surface area contributed by atoms with Gasteiger partial charge in [0.25, 0.3) is 20.0 Å². The minimum Gasteiger partial charge on any atom is -0.344 e. The Morgan fingerprint density at radius 3 is 1.68 bits per heavy atom. The number of nitrogens with zero attached hydrogens (tertiary/aromatic N) is 4. The standard InChI is InChI=1S/C63H71N4O8S4/c1-62(2)58-54-33-15-13-25-48(54)35-37-56(58)66(39-17-19-41-76(68,69)64(5)78(72,73)52-29-9-7-10-30-52)60(62)50-27-21-23-46(44-50)43-47-24-22-28-51(45-47)61-63(3,4)59-55-34-16-14-26-49(55)36-38-57(59)67(61)40-18-20-42-77(70,71)65(6)79(74,75)53-31-11-8-12-32-53/h7-16,25-26,29-38,43-45H,17-24,27-28,39-42H2,1-6H3/q+1. The van der Waals surface area contributed by atoms with Crippen LogP contribution >= 0.6 is 0 Å². The molecule has 6 aromatic carbocycles. The van der Waals surface area contributed by atoms with Crippen LogP contribution < -0.4 is 4.90 Å². The zero-order chi connectivity index (χ0) is 56.1. The molecule has 2 aliphatic carbocycles. The smallest absolute Gasteiger partial charge is 0.255 e. The summed E-state index contributed by atoms with van der Waals surface area (Å²) in [6.07, 6.45) is 14.3. The molecule has 16 heteroatoms. The highest BCUT2D eigenvalue weighted by molar-refractivity contribution is 8.04. The predicted molar refractivity (Wildman–Crippen MR) is 319 cm³/mol. The lowest BCUT2D eigenvalue weighted by atomic mass is 9.74. The maximum atomic E-state index is 13.6. The number of hydrogen-bond donors (Lipinski definition) is 0. The summed E-state index contributed by atoms with van der Waals surface area (Å²) in [6, 6.07) is 41.0. The molecular weight excluding hydrogens is 1070 g/mol. The minimum atomic E-state index is -4.24. The summed E-state index contributed by atoms with van der Waals surface area (Å²) in [5.41, 5.74) is 11.4. The van der Waals surface area contributed by atoms with Gasteiger partial charge in [-0.05, 0) is 158 Å². The van der Waals surface area contributed by atoms with Crippen molar-refractivity contribution < 1.29 is 38.2 Å². The van der Waals surface area contributed by atoms with Crippen molar-refractivity contribution in [3.63, 3.8) is 0 Å². The van der Waals surface area contributed by atoms with E-state index in [4.69, 9.17) is 0 Å². The molecule has 0 bridgehead atoms. The van der Waals surface area contributed by atoms with Crippen molar-refractivity contribution in [1.82, 2.24) is 7.42 Å². The Morgan fingerprint density at radius 2 is 1.08 bits per heavy atom.